The summed E-state index contributed by atoms with van der Waals surface area (Å²) in [5.41, 5.74) is 1.71. The first kappa shape index (κ1) is 14.8. The molecule has 104 valence electrons. The molecule has 2 aromatic rings. The number of halogens is 1. The topological polar surface area (TPSA) is 26.3 Å². The predicted octanol–water partition coefficient (Wildman–Crippen LogP) is 5.57. The maximum Gasteiger partial charge on any atom is 0.163 e. The molecule has 0 amide bonds. The number of ketones is 1. The van der Waals surface area contributed by atoms with Gasteiger partial charge in [0.2, 0.25) is 0 Å². The standard InChI is InChI=1S/C17H17BrO2/c1-11(2)14-6-4-5-7-16(14)20-17-9-8-13(18)10-15(17)12(3)19/h4-11H,1-3H3. The fourth-order valence-electron chi connectivity index (χ4n) is 2.04. The largest absolute Gasteiger partial charge is 0.456 e. The molecule has 0 aliphatic carbocycles. The second-order valence-corrected chi connectivity index (χ2v) is 5.91. The lowest BCUT2D eigenvalue weighted by Gasteiger charge is -2.15. The predicted molar refractivity (Wildman–Crippen MR) is 84.8 cm³/mol. The van der Waals surface area contributed by atoms with Gasteiger partial charge in [-0.05, 0) is 42.7 Å². The first-order valence-corrected chi connectivity index (χ1v) is 7.35. The zero-order valence-corrected chi connectivity index (χ0v) is 13.4. The number of hydrogen-bond donors (Lipinski definition) is 0. The Morgan fingerprint density at radius 2 is 1.80 bits per heavy atom. The third-order valence-electron chi connectivity index (χ3n) is 3.08. The Kier molecular flexibility index (Phi) is 4.61. The zero-order valence-electron chi connectivity index (χ0n) is 11.8. The Morgan fingerprint density at radius 1 is 1.10 bits per heavy atom. The summed E-state index contributed by atoms with van der Waals surface area (Å²) < 4.78 is 6.84. The van der Waals surface area contributed by atoms with Crippen LogP contribution in [0.1, 0.15) is 42.6 Å². The molecule has 0 spiro atoms. The molecule has 0 radical (unpaired) electrons. The molecule has 2 nitrogen and oxygen atoms in total. The van der Waals surface area contributed by atoms with Crippen molar-refractivity contribution in [3.8, 4) is 11.5 Å². The number of hydrogen-bond acceptors (Lipinski definition) is 2. The number of carbonyl (C=O) groups is 1. The number of carbonyl (C=O) groups excluding carboxylic acids is 1. The third kappa shape index (κ3) is 3.28. The van der Waals surface area contributed by atoms with Crippen molar-refractivity contribution in [1.29, 1.82) is 0 Å². The number of rotatable bonds is 4. The average Bonchev–Trinajstić information content (AvgIpc) is 2.41. The van der Waals surface area contributed by atoms with E-state index in [1.165, 1.54) is 0 Å². The van der Waals surface area contributed by atoms with Crippen molar-refractivity contribution >= 4 is 21.7 Å². The van der Waals surface area contributed by atoms with E-state index < -0.39 is 0 Å². The lowest BCUT2D eigenvalue weighted by atomic mass is 10.0. The molecular formula is C17H17BrO2. The Hall–Kier alpha value is -1.61. The summed E-state index contributed by atoms with van der Waals surface area (Å²) >= 11 is 3.38. The van der Waals surface area contributed by atoms with Gasteiger partial charge in [-0.15, -0.1) is 0 Å². The van der Waals surface area contributed by atoms with Crippen LogP contribution in [0.4, 0.5) is 0 Å². The molecule has 0 heterocycles. The summed E-state index contributed by atoms with van der Waals surface area (Å²) in [7, 11) is 0. The molecule has 0 aliphatic rings. The van der Waals surface area contributed by atoms with E-state index in [0.29, 0.717) is 17.2 Å². The highest BCUT2D eigenvalue weighted by Crippen LogP contribution is 2.33. The van der Waals surface area contributed by atoms with Gasteiger partial charge in [-0.25, -0.2) is 0 Å². The molecule has 0 atom stereocenters. The maximum atomic E-state index is 11.7. The second kappa shape index (κ2) is 6.23. The Balaban J connectivity index is 2.43. The minimum Gasteiger partial charge on any atom is -0.456 e. The van der Waals surface area contributed by atoms with Gasteiger partial charge in [0.15, 0.2) is 5.78 Å². The first-order valence-electron chi connectivity index (χ1n) is 6.56. The van der Waals surface area contributed by atoms with Crippen molar-refractivity contribution in [3.05, 3.63) is 58.1 Å². The van der Waals surface area contributed by atoms with E-state index >= 15 is 0 Å². The molecule has 2 aromatic carbocycles. The number of Topliss-reactive ketones (excluding diaryl/α,β-unsaturated/α-hetero) is 1. The summed E-state index contributed by atoms with van der Waals surface area (Å²) in [4.78, 5) is 11.7. The maximum absolute atomic E-state index is 11.7. The summed E-state index contributed by atoms with van der Waals surface area (Å²) in [6, 6.07) is 13.4. The summed E-state index contributed by atoms with van der Waals surface area (Å²) in [5, 5.41) is 0. The molecule has 0 aromatic heterocycles. The number of benzene rings is 2. The van der Waals surface area contributed by atoms with Gasteiger partial charge in [0.05, 0.1) is 5.56 Å². The molecule has 0 fully saturated rings. The second-order valence-electron chi connectivity index (χ2n) is 4.99. The first-order chi connectivity index (χ1) is 9.49. The highest BCUT2D eigenvalue weighted by Gasteiger charge is 2.13. The van der Waals surface area contributed by atoms with Gasteiger partial charge >= 0.3 is 0 Å². The van der Waals surface area contributed by atoms with Crippen LogP contribution in [0, 0.1) is 0 Å². The van der Waals surface area contributed by atoms with Gasteiger partial charge in [-0.1, -0.05) is 48.0 Å². The quantitative estimate of drug-likeness (QED) is 0.684. The lowest BCUT2D eigenvalue weighted by molar-refractivity contribution is 0.101. The van der Waals surface area contributed by atoms with E-state index in [1.54, 1.807) is 13.0 Å². The molecule has 0 bridgehead atoms. The van der Waals surface area contributed by atoms with E-state index in [4.69, 9.17) is 4.74 Å². The van der Waals surface area contributed by atoms with Crippen LogP contribution in [0.25, 0.3) is 0 Å². The zero-order chi connectivity index (χ0) is 14.7. The summed E-state index contributed by atoms with van der Waals surface area (Å²) in [6.45, 7) is 5.79. The van der Waals surface area contributed by atoms with Crippen molar-refractivity contribution in [2.75, 3.05) is 0 Å². The van der Waals surface area contributed by atoms with E-state index in [0.717, 1.165) is 15.8 Å². The monoisotopic (exact) mass is 332 g/mol. The fourth-order valence-corrected chi connectivity index (χ4v) is 2.40. The highest BCUT2D eigenvalue weighted by molar-refractivity contribution is 9.10. The Morgan fingerprint density at radius 3 is 2.45 bits per heavy atom. The van der Waals surface area contributed by atoms with Crippen molar-refractivity contribution < 1.29 is 9.53 Å². The molecule has 0 aliphatic heterocycles. The molecular weight excluding hydrogens is 316 g/mol. The van der Waals surface area contributed by atoms with Crippen molar-refractivity contribution in [1.82, 2.24) is 0 Å². The minimum atomic E-state index is -0.0108. The minimum absolute atomic E-state index is 0.0108. The van der Waals surface area contributed by atoms with Gasteiger partial charge in [0, 0.05) is 4.47 Å². The van der Waals surface area contributed by atoms with E-state index in [-0.39, 0.29) is 5.78 Å². The summed E-state index contributed by atoms with van der Waals surface area (Å²) in [6.07, 6.45) is 0. The van der Waals surface area contributed by atoms with Gasteiger partial charge in [0.1, 0.15) is 11.5 Å². The van der Waals surface area contributed by atoms with Gasteiger partial charge < -0.3 is 4.74 Å². The molecule has 0 saturated carbocycles. The molecule has 0 unspecified atom stereocenters. The number of ether oxygens (including phenoxy) is 1. The van der Waals surface area contributed by atoms with Crippen molar-refractivity contribution in [2.24, 2.45) is 0 Å². The van der Waals surface area contributed by atoms with Crippen LogP contribution < -0.4 is 4.74 Å². The van der Waals surface area contributed by atoms with Crippen LogP contribution in [0.2, 0.25) is 0 Å². The Bertz CT molecular complexity index is 633. The van der Waals surface area contributed by atoms with E-state index in [1.807, 2.05) is 36.4 Å². The average molecular weight is 333 g/mol. The SMILES string of the molecule is CC(=O)c1cc(Br)ccc1Oc1ccccc1C(C)C. The van der Waals surface area contributed by atoms with Gasteiger partial charge in [-0.3, -0.25) is 4.79 Å². The smallest absolute Gasteiger partial charge is 0.163 e. The van der Waals surface area contributed by atoms with Crippen molar-refractivity contribution in [3.63, 3.8) is 0 Å². The number of para-hydroxylation sites is 1. The lowest BCUT2D eigenvalue weighted by Crippen LogP contribution is -1.99. The molecule has 2 rings (SSSR count). The fraction of sp³-hybridized carbons (Fsp3) is 0.235. The van der Waals surface area contributed by atoms with Crippen LogP contribution in [0.5, 0.6) is 11.5 Å². The van der Waals surface area contributed by atoms with Crippen LogP contribution in [0.15, 0.2) is 46.9 Å². The molecule has 0 saturated heterocycles. The van der Waals surface area contributed by atoms with Crippen LogP contribution >= 0.6 is 15.9 Å². The molecule has 3 heteroatoms. The van der Waals surface area contributed by atoms with Crippen LogP contribution in [-0.4, -0.2) is 5.78 Å². The van der Waals surface area contributed by atoms with Gasteiger partial charge in [-0.2, -0.15) is 0 Å². The summed E-state index contributed by atoms with van der Waals surface area (Å²) in [5.74, 6) is 1.74. The normalized spacial score (nSPS) is 10.7. The third-order valence-corrected chi connectivity index (χ3v) is 3.58. The highest BCUT2D eigenvalue weighted by atomic mass is 79.9. The van der Waals surface area contributed by atoms with Gasteiger partial charge in [0.25, 0.3) is 0 Å². The van der Waals surface area contributed by atoms with Crippen molar-refractivity contribution in [2.45, 2.75) is 26.7 Å². The van der Waals surface area contributed by atoms with Crippen LogP contribution in [0.3, 0.4) is 0 Å². The van der Waals surface area contributed by atoms with E-state index in [9.17, 15) is 4.79 Å². The Labute approximate surface area is 127 Å². The van der Waals surface area contributed by atoms with Crippen LogP contribution in [-0.2, 0) is 0 Å². The van der Waals surface area contributed by atoms with E-state index in [2.05, 4.69) is 29.8 Å². The molecule has 20 heavy (non-hydrogen) atoms. The molecule has 0 N–H and O–H groups in total.